The molecule has 0 fully saturated rings. The lowest BCUT2D eigenvalue weighted by Crippen LogP contribution is -2.38. The Kier molecular flexibility index (Phi) is 7.39. The molecule has 0 bridgehead atoms. The molecule has 4 aromatic rings. The zero-order valence-corrected chi connectivity index (χ0v) is 21.3. The second-order valence-electron chi connectivity index (χ2n) is 8.82. The van der Waals surface area contributed by atoms with Crippen molar-refractivity contribution >= 4 is 28.5 Å². The van der Waals surface area contributed by atoms with Crippen molar-refractivity contribution in [3.05, 3.63) is 90.6 Å². The van der Waals surface area contributed by atoms with Gasteiger partial charge in [0.2, 0.25) is 5.95 Å². The Morgan fingerprint density at radius 2 is 1.89 bits per heavy atom. The molecular weight excluding hydrogens is 494 g/mol. The third-order valence-electron chi connectivity index (χ3n) is 5.99. The maximum atomic E-state index is 13.0. The predicted octanol–water partition coefficient (Wildman–Crippen LogP) is 1.93. The van der Waals surface area contributed by atoms with E-state index in [0.717, 1.165) is 10.1 Å². The van der Waals surface area contributed by atoms with E-state index in [1.165, 1.54) is 35.4 Å². The van der Waals surface area contributed by atoms with E-state index in [-0.39, 0.29) is 36.0 Å². The first kappa shape index (κ1) is 26.3. The van der Waals surface area contributed by atoms with Gasteiger partial charge < -0.3 is 14.4 Å². The van der Waals surface area contributed by atoms with E-state index < -0.39 is 22.3 Å². The van der Waals surface area contributed by atoms with E-state index in [4.69, 9.17) is 4.74 Å². The van der Waals surface area contributed by atoms with Gasteiger partial charge in [-0.05, 0) is 49.2 Å². The summed E-state index contributed by atoms with van der Waals surface area (Å²) < 4.78 is 9.36. The highest BCUT2D eigenvalue weighted by atomic mass is 16.6. The van der Waals surface area contributed by atoms with Gasteiger partial charge in [0.05, 0.1) is 17.2 Å². The van der Waals surface area contributed by atoms with E-state index in [1.807, 2.05) is 25.1 Å². The summed E-state index contributed by atoms with van der Waals surface area (Å²) in [6, 6.07) is 13.3. The van der Waals surface area contributed by atoms with Crippen LogP contribution < -0.4 is 21.4 Å². The van der Waals surface area contributed by atoms with Crippen LogP contribution in [0, 0.1) is 17.0 Å². The van der Waals surface area contributed by atoms with Gasteiger partial charge in [0.1, 0.15) is 18.5 Å². The summed E-state index contributed by atoms with van der Waals surface area (Å²) in [4.78, 5) is 40.4. The van der Waals surface area contributed by atoms with Gasteiger partial charge in [0.25, 0.3) is 11.2 Å². The lowest BCUT2D eigenvalue weighted by molar-refractivity contribution is -0.384. The Balaban J connectivity index is 1.67. The highest BCUT2D eigenvalue weighted by molar-refractivity contribution is 5.99. The fraction of sp³-hybridized carbons (Fsp3) is 0.280. The largest absolute Gasteiger partial charge is 0.491 e. The molecule has 2 aromatic heterocycles. The number of hydrogen-bond donors (Lipinski definition) is 2. The van der Waals surface area contributed by atoms with E-state index in [0.29, 0.717) is 17.0 Å². The molecule has 0 saturated carbocycles. The van der Waals surface area contributed by atoms with Crippen molar-refractivity contribution in [2.75, 3.05) is 12.0 Å². The number of imidazole rings is 1. The summed E-state index contributed by atoms with van der Waals surface area (Å²) in [6.45, 7) is 3.49. The van der Waals surface area contributed by atoms with Gasteiger partial charge in [-0.3, -0.25) is 24.0 Å². The summed E-state index contributed by atoms with van der Waals surface area (Å²) in [5.74, 6) is 0.716. The number of aliphatic hydroxyl groups is 1. The molecule has 1 unspecified atom stereocenters. The Labute approximate surface area is 216 Å². The van der Waals surface area contributed by atoms with E-state index in [1.54, 1.807) is 25.1 Å². The number of aryl methyl sites for hydroxylation is 2. The van der Waals surface area contributed by atoms with E-state index >= 15 is 0 Å². The van der Waals surface area contributed by atoms with Crippen molar-refractivity contribution in [1.82, 2.24) is 18.7 Å². The molecule has 0 spiro atoms. The number of anilines is 1. The van der Waals surface area contributed by atoms with Crippen LogP contribution in [0.1, 0.15) is 18.1 Å². The second kappa shape index (κ2) is 10.7. The molecule has 0 aliphatic carbocycles. The summed E-state index contributed by atoms with van der Waals surface area (Å²) in [6.07, 6.45) is -1.03. The van der Waals surface area contributed by atoms with Crippen molar-refractivity contribution in [2.45, 2.75) is 26.5 Å². The predicted molar refractivity (Wildman–Crippen MR) is 142 cm³/mol. The SMILES string of the molecule is CC(=NNc1nc2c(c(=O)n(C)c(=O)n2C)n1CC(O)COc1cccc(C)c1)c1ccc([N+](=O)[O-])cc1. The van der Waals surface area contributed by atoms with Gasteiger partial charge in [-0.1, -0.05) is 12.1 Å². The molecule has 0 aliphatic heterocycles. The maximum absolute atomic E-state index is 13.0. The topological polar surface area (TPSA) is 159 Å². The van der Waals surface area contributed by atoms with Crippen molar-refractivity contribution in [3.63, 3.8) is 0 Å². The minimum Gasteiger partial charge on any atom is -0.491 e. The fourth-order valence-corrected chi connectivity index (χ4v) is 3.89. The smallest absolute Gasteiger partial charge is 0.332 e. The van der Waals surface area contributed by atoms with Crippen LogP contribution in [-0.2, 0) is 20.6 Å². The van der Waals surface area contributed by atoms with Crippen molar-refractivity contribution in [2.24, 2.45) is 19.2 Å². The summed E-state index contributed by atoms with van der Waals surface area (Å²) in [5.41, 5.74) is 3.99. The number of hydrogen-bond acceptors (Lipinski definition) is 9. The highest BCUT2D eigenvalue weighted by Crippen LogP contribution is 2.19. The normalized spacial score (nSPS) is 12.5. The Bertz CT molecular complexity index is 1650. The van der Waals surface area contributed by atoms with Crippen LogP contribution in [-0.4, -0.2) is 47.1 Å². The molecule has 1 atom stereocenters. The number of ether oxygens (including phenoxy) is 1. The van der Waals surface area contributed by atoms with E-state index in [2.05, 4.69) is 15.5 Å². The molecular formula is C25H27N7O6. The fourth-order valence-electron chi connectivity index (χ4n) is 3.89. The third kappa shape index (κ3) is 5.32. The zero-order chi connectivity index (χ0) is 27.6. The van der Waals surface area contributed by atoms with Gasteiger partial charge in [0.15, 0.2) is 11.2 Å². The molecule has 0 aliphatic rings. The number of hydrazone groups is 1. The number of aromatic nitrogens is 4. The number of nitro groups is 1. The van der Waals surface area contributed by atoms with Gasteiger partial charge in [-0.15, -0.1) is 0 Å². The van der Waals surface area contributed by atoms with Crippen LogP contribution in [0.5, 0.6) is 5.75 Å². The first-order valence-corrected chi connectivity index (χ1v) is 11.7. The average molecular weight is 522 g/mol. The quantitative estimate of drug-likeness (QED) is 0.192. The van der Waals surface area contributed by atoms with Crippen molar-refractivity contribution in [3.8, 4) is 5.75 Å². The maximum Gasteiger partial charge on any atom is 0.332 e. The molecule has 2 N–H and O–H groups in total. The number of nitrogens with zero attached hydrogens (tertiary/aromatic N) is 6. The van der Waals surface area contributed by atoms with Crippen molar-refractivity contribution < 1.29 is 14.8 Å². The van der Waals surface area contributed by atoms with Crippen molar-refractivity contribution in [1.29, 1.82) is 0 Å². The number of non-ortho nitro benzene ring substituents is 1. The number of aliphatic hydroxyl groups excluding tert-OH is 1. The monoisotopic (exact) mass is 521 g/mol. The average Bonchev–Trinajstić information content (AvgIpc) is 3.26. The molecule has 0 saturated heterocycles. The first-order valence-electron chi connectivity index (χ1n) is 11.7. The standard InChI is InChI=1S/C25H27N7O6/c1-15-6-5-7-20(12-15)38-14-19(33)13-31-21-22(29(3)25(35)30(4)23(21)34)26-24(31)28-27-16(2)17-8-10-18(11-9-17)32(36)37/h5-12,19,33H,13-14H2,1-4H3,(H,26,28). The van der Waals surface area contributed by atoms with Gasteiger partial charge in [-0.25, -0.2) is 10.2 Å². The highest BCUT2D eigenvalue weighted by Gasteiger charge is 2.21. The van der Waals surface area contributed by atoms with Crippen LogP contribution in [0.2, 0.25) is 0 Å². The van der Waals surface area contributed by atoms with Crippen LogP contribution in [0.15, 0.2) is 63.2 Å². The van der Waals surface area contributed by atoms with Gasteiger partial charge in [-0.2, -0.15) is 10.1 Å². The summed E-state index contributed by atoms with van der Waals surface area (Å²) >= 11 is 0. The van der Waals surface area contributed by atoms with Crippen LogP contribution in [0.4, 0.5) is 11.6 Å². The Morgan fingerprint density at radius 3 is 2.55 bits per heavy atom. The molecule has 13 nitrogen and oxygen atoms in total. The number of nitro benzene ring substituents is 1. The Morgan fingerprint density at radius 1 is 1.18 bits per heavy atom. The summed E-state index contributed by atoms with van der Waals surface area (Å²) in [7, 11) is 2.86. The number of rotatable bonds is 9. The van der Waals surface area contributed by atoms with Crippen LogP contribution >= 0.6 is 0 Å². The molecule has 0 amide bonds. The molecule has 2 heterocycles. The first-order chi connectivity index (χ1) is 18.1. The minimum absolute atomic E-state index is 0.0464. The van der Waals surface area contributed by atoms with Gasteiger partial charge >= 0.3 is 5.69 Å². The Hall–Kier alpha value is -4.78. The van der Waals surface area contributed by atoms with Crippen LogP contribution in [0.3, 0.4) is 0 Å². The molecule has 13 heteroatoms. The number of nitrogens with one attached hydrogen (secondary N) is 1. The number of fused-ring (bicyclic) bond motifs is 1. The molecule has 38 heavy (non-hydrogen) atoms. The molecule has 198 valence electrons. The minimum atomic E-state index is -1.03. The second-order valence-corrected chi connectivity index (χ2v) is 8.82. The third-order valence-corrected chi connectivity index (χ3v) is 5.99. The van der Waals surface area contributed by atoms with E-state index in [9.17, 15) is 24.8 Å². The lowest BCUT2D eigenvalue weighted by Gasteiger charge is -2.15. The molecule has 2 aromatic carbocycles. The number of benzene rings is 2. The zero-order valence-electron chi connectivity index (χ0n) is 21.3. The summed E-state index contributed by atoms with van der Waals surface area (Å²) in [5, 5.41) is 26.0. The van der Waals surface area contributed by atoms with Crippen LogP contribution in [0.25, 0.3) is 11.2 Å². The molecule has 0 radical (unpaired) electrons. The molecule has 4 rings (SSSR count). The lowest BCUT2D eigenvalue weighted by atomic mass is 10.1. The van der Waals surface area contributed by atoms with Gasteiger partial charge in [0, 0.05) is 26.2 Å².